The Morgan fingerprint density at radius 1 is 1.70 bits per heavy atom. The zero-order valence-corrected chi connectivity index (χ0v) is 5.46. The highest BCUT2D eigenvalue weighted by Crippen LogP contribution is 2.05. The number of ether oxygens (including phenoxy) is 1. The minimum Gasteiger partial charge on any atom is -0.408 e. The van der Waals surface area contributed by atoms with Crippen molar-refractivity contribution in [2.45, 2.75) is 13.0 Å². The Hall–Kier alpha value is -1.32. The summed E-state index contributed by atoms with van der Waals surface area (Å²) in [5.41, 5.74) is 0. The van der Waals surface area contributed by atoms with Gasteiger partial charge in [0.25, 0.3) is 0 Å². The molecule has 1 heterocycles. The summed E-state index contributed by atoms with van der Waals surface area (Å²) in [6.45, 7) is 1.66. The van der Waals surface area contributed by atoms with Crippen molar-refractivity contribution >= 4 is 12.3 Å². The van der Waals surface area contributed by atoms with Crippen LogP contribution in [0.3, 0.4) is 0 Å². The lowest BCUT2D eigenvalue weighted by Gasteiger charge is -1.92. The lowest BCUT2D eigenvalue weighted by Crippen LogP contribution is -2.21. The Morgan fingerprint density at radius 3 is 2.80 bits per heavy atom. The van der Waals surface area contributed by atoms with Crippen LogP contribution in [0, 0.1) is 0 Å². The third-order valence-electron chi connectivity index (χ3n) is 1.14. The molecular formula is C6H7NO3. The molecule has 0 bridgehead atoms. The van der Waals surface area contributed by atoms with Crippen LogP contribution in [0.2, 0.25) is 0 Å². The maximum Gasteiger partial charge on any atom is 0.334 e. The van der Waals surface area contributed by atoms with Crippen LogP contribution in [0.5, 0.6) is 0 Å². The van der Waals surface area contributed by atoms with Crippen molar-refractivity contribution in [1.82, 2.24) is 5.32 Å². The average molecular weight is 141 g/mol. The first-order valence-electron chi connectivity index (χ1n) is 2.87. The molecule has 0 saturated carbocycles. The molecule has 1 saturated heterocycles. The van der Waals surface area contributed by atoms with Crippen molar-refractivity contribution in [1.29, 1.82) is 0 Å². The topological polar surface area (TPSA) is 55.4 Å². The van der Waals surface area contributed by atoms with Crippen molar-refractivity contribution < 1.29 is 14.3 Å². The van der Waals surface area contributed by atoms with Crippen molar-refractivity contribution in [3.8, 4) is 0 Å². The van der Waals surface area contributed by atoms with Gasteiger partial charge in [-0.1, -0.05) is 0 Å². The minimum absolute atomic E-state index is 0.229. The second-order valence-corrected chi connectivity index (χ2v) is 1.95. The second-order valence-electron chi connectivity index (χ2n) is 1.95. The molecule has 4 heteroatoms. The lowest BCUT2D eigenvalue weighted by molar-refractivity contribution is -0.136. The van der Waals surface area contributed by atoms with Crippen LogP contribution in [0.15, 0.2) is 12.0 Å². The fourth-order valence-electron chi connectivity index (χ4n) is 0.642. The first-order chi connectivity index (χ1) is 4.74. The van der Waals surface area contributed by atoms with Crippen LogP contribution in [-0.2, 0) is 14.3 Å². The molecule has 54 valence electrons. The van der Waals surface area contributed by atoms with Gasteiger partial charge in [-0.2, -0.15) is 0 Å². The highest BCUT2D eigenvalue weighted by Gasteiger charge is 2.24. The molecule has 1 unspecified atom stereocenters. The van der Waals surface area contributed by atoms with Gasteiger partial charge in [0, 0.05) is 6.08 Å². The van der Waals surface area contributed by atoms with Crippen molar-refractivity contribution in [2.75, 3.05) is 0 Å². The van der Waals surface area contributed by atoms with Crippen LogP contribution >= 0.6 is 0 Å². The third kappa shape index (κ3) is 1.15. The largest absolute Gasteiger partial charge is 0.408 e. The molecule has 1 aliphatic heterocycles. The van der Waals surface area contributed by atoms with Gasteiger partial charge < -0.3 is 10.1 Å². The van der Waals surface area contributed by atoms with Gasteiger partial charge in [0.2, 0.25) is 5.88 Å². The van der Waals surface area contributed by atoms with Gasteiger partial charge in [0.15, 0.2) is 0 Å². The summed E-state index contributed by atoms with van der Waals surface area (Å²) in [5, 5.41) is 2.66. The zero-order chi connectivity index (χ0) is 7.56. The molecule has 0 aliphatic carbocycles. The number of nitrogens with one attached hydrogen (secondary N) is 1. The van der Waals surface area contributed by atoms with E-state index in [1.54, 1.807) is 6.92 Å². The SMILES string of the molecule is CC1N/C(=C/C=O)OC1=O. The van der Waals surface area contributed by atoms with Gasteiger partial charge in [0.05, 0.1) is 0 Å². The summed E-state index contributed by atoms with van der Waals surface area (Å²) in [6.07, 6.45) is 1.73. The van der Waals surface area contributed by atoms with Gasteiger partial charge >= 0.3 is 5.97 Å². The number of rotatable bonds is 1. The number of allylic oxidation sites excluding steroid dienone is 1. The van der Waals surface area contributed by atoms with E-state index in [9.17, 15) is 9.59 Å². The Balaban J connectivity index is 2.65. The molecule has 0 aromatic rings. The van der Waals surface area contributed by atoms with E-state index in [4.69, 9.17) is 0 Å². The third-order valence-corrected chi connectivity index (χ3v) is 1.14. The minimum atomic E-state index is -0.354. The highest BCUT2D eigenvalue weighted by molar-refractivity contribution is 5.80. The number of carbonyl (C=O) groups excluding carboxylic acids is 2. The molecule has 1 N–H and O–H groups in total. The maximum atomic E-state index is 10.6. The number of hydrogen-bond acceptors (Lipinski definition) is 4. The molecule has 0 radical (unpaired) electrons. The highest BCUT2D eigenvalue weighted by atomic mass is 16.6. The van der Waals surface area contributed by atoms with E-state index in [0.717, 1.165) is 0 Å². The van der Waals surface area contributed by atoms with Crippen molar-refractivity contribution in [3.05, 3.63) is 12.0 Å². The summed E-state index contributed by atoms with van der Waals surface area (Å²) in [6, 6.07) is -0.341. The summed E-state index contributed by atoms with van der Waals surface area (Å²) >= 11 is 0. The summed E-state index contributed by atoms with van der Waals surface area (Å²) in [5.74, 6) is -0.124. The smallest absolute Gasteiger partial charge is 0.334 e. The number of cyclic esters (lactones) is 1. The van der Waals surface area contributed by atoms with Crippen molar-refractivity contribution in [3.63, 3.8) is 0 Å². The summed E-state index contributed by atoms with van der Waals surface area (Å²) in [7, 11) is 0. The lowest BCUT2D eigenvalue weighted by atomic mass is 10.4. The number of hydrogen-bond donors (Lipinski definition) is 1. The van der Waals surface area contributed by atoms with Gasteiger partial charge in [-0.05, 0) is 6.92 Å². The number of carbonyl (C=O) groups is 2. The van der Waals surface area contributed by atoms with Crippen LogP contribution < -0.4 is 5.32 Å². The van der Waals surface area contributed by atoms with E-state index in [2.05, 4.69) is 10.1 Å². The van der Waals surface area contributed by atoms with Crippen LogP contribution in [0.25, 0.3) is 0 Å². The molecule has 1 atom stereocenters. The maximum absolute atomic E-state index is 10.6. The van der Waals surface area contributed by atoms with E-state index < -0.39 is 0 Å². The summed E-state index contributed by atoms with van der Waals surface area (Å²) < 4.78 is 4.59. The van der Waals surface area contributed by atoms with E-state index in [1.807, 2.05) is 0 Å². The monoisotopic (exact) mass is 141 g/mol. The number of aldehydes is 1. The molecule has 10 heavy (non-hydrogen) atoms. The fourth-order valence-corrected chi connectivity index (χ4v) is 0.642. The molecule has 0 aromatic carbocycles. The van der Waals surface area contributed by atoms with Crippen LogP contribution in [-0.4, -0.2) is 18.3 Å². The van der Waals surface area contributed by atoms with Gasteiger partial charge in [0.1, 0.15) is 12.3 Å². The fraction of sp³-hybridized carbons (Fsp3) is 0.333. The molecule has 0 amide bonds. The average Bonchev–Trinajstić information content (AvgIpc) is 2.14. The number of esters is 1. The first-order valence-corrected chi connectivity index (χ1v) is 2.87. The Morgan fingerprint density at radius 2 is 2.40 bits per heavy atom. The molecule has 1 aliphatic rings. The Bertz CT molecular complexity index is 197. The molecule has 1 fully saturated rings. The van der Waals surface area contributed by atoms with E-state index in [0.29, 0.717) is 6.29 Å². The van der Waals surface area contributed by atoms with E-state index >= 15 is 0 Å². The second kappa shape index (κ2) is 2.51. The van der Waals surface area contributed by atoms with Crippen LogP contribution in [0.4, 0.5) is 0 Å². The molecule has 1 rings (SSSR count). The van der Waals surface area contributed by atoms with Gasteiger partial charge in [-0.25, -0.2) is 4.79 Å². The quantitative estimate of drug-likeness (QED) is 0.305. The van der Waals surface area contributed by atoms with Crippen LogP contribution in [0.1, 0.15) is 6.92 Å². The first kappa shape index (κ1) is 6.80. The normalized spacial score (nSPS) is 27.9. The predicted octanol–water partition coefficient (Wildman–Crippen LogP) is -0.438. The molecule has 4 nitrogen and oxygen atoms in total. The predicted molar refractivity (Wildman–Crippen MR) is 32.8 cm³/mol. The summed E-state index contributed by atoms with van der Waals surface area (Å²) in [4.78, 5) is 20.5. The molecular weight excluding hydrogens is 134 g/mol. The Kier molecular flexibility index (Phi) is 1.71. The Labute approximate surface area is 57.9 Å². The van der Waals surface area contributed by atoms with Gasteiger partial charge in [-0.3, -0.25) is 4.79 Å². The van der Waals surface area contributed by atoms with Gasteiger partial charge in [-0.15, -0.1) is 0 Å². The zero-order valence-electron chi connectivity index (χ0n) is 5.46. The van der Waals surface area contributed by atoms with E-state index in [1.165, 1.54) is 6.08 Å². The molecule has 0 spiro atoms. The van der Waals surface area contributed by atoms with Crippen molar-refractivity contribution in [2.24, 2.45) is 0 Å². The standard InChI is InChI=1S/C6H7NO3/c1-4-6(9)10-5(7-4)2-3-8/h2-4,7H,1H3/b5-2-. The molecule has 0 aromatic heterocycles. The van der Waals surface area contributed by atoms with E-state index in [-0.39, 0.29) is 17.9 Å².